The van der Waals surface area contributed by atoms with Crippen LogP contribution in [0.1, 0.15) is 12.8 Å². The van der Waals surface area contributed by atoms with Gasteiger partial charge in [-0.25, -0.2) is 0 Å². The van der Waals surface area contributed by atoms with E-state index in [-0.39, 0.29) is 19.0 Å². The van der Waals surface area contributed by atoms with Gasteiger partial charge in [0.1, 0.15) is 0 Å². The van der Waals surface area contributed by atoms with Crippen LogP contribution in [-0.2, 0) is 0 Å². The normalized spacial score (nSPS) is 7.71. The van der Waals surface area contributed by atoms with Gasteiger partial charge in [-0.05, 0) is 12.8 Å². The van der Waals surface area contributed by atoms with Crippen LogP contribution in [0.15, 0.2) is 0 Å². The second kappa shape index (κ2) is 9.74. The van der Waals surface area contributed by atoms with Crippen molar-refractivity contribution in [2.24, 2.45) is 0 Å². The fourth-order valence-corrected chi connectivity index (χ4v) is 0.395. The topological polar surface area (TPSA) is 20.2 Å². The van der Waals surface area contributed by atoms with Crippen molar-refractivity contribution in [2.75, 3.05) is 12.5 Å². The van der Waals surface area contributed by atoms with E-state index in [1.165, 1.54) is 0 Å². The Balaban J connectivity index is 0. The zero-order valence-corrected chi connectivity index (χ0v) is 5.63. The smallest absolute Gasteiger partial charge is 0.0431 e. The SMILES string of the molecule is Cl.OCCCCCl. The van der Waals surface area contributed by atoms with Crippen molar-refractivity contribution in [1.82, 2.24) is 0 Å². The Morgan fingerprint density at radius 2 is 1.86 bits per heavy atom. The monoisotopic (exact) mass is 144 g/mol. The van der Waals surface area contributed by atoms with E-state index < -0.39 is 0 Å². The van der Waals surface area contributed by atoms with Crippen LogP contribution >= 0.6 is 24.0 Å². The van der Waals surface area contributed by atoms with Gasteiger partial charge in [0.2, 0.25) is 0 Å². The van der Waals surface area contributed by atoms with E-state index in [9.17, 15) is 0 Å². The molecule has 0 atom stereocenters. The Hall–Kier alpha value is 0.540. The maximum Gasteiger partial charge on any atom is 0.0431 e. The van der Waals surface area contributed by atoms with Crippen molar-refractivity contribution >= 4 is 24.0 Å². The quantitative estimate of drug-likeness (QED) is 0.470. The van der Waals surface area contributed by atoms with Crippen LogP contribution in [0.3, 0.4) is 0 Å². The first kappa shape index (κ1) is 10.5. The van der Waals surface area contributed by atoms with Crippen molar-refractivity contribution in [3.63, 3.8) is 0 Å². The molecule has 0 aromatic rings. The summed E-state index contributed by atoms with van der Waals surface area (Å²) in [5, 5.41) is 8.14. The molecule has 0 radical (unpaired) electrons. The molecule has 1 nitrogen and oxygen atoms in total. The first-order valence-electron chi connectivity index (χ1n) is 2.08. The van der Waals surface area contributed by atoms with Gasteiger partial charge in [0.05, 0.1) is 0 Å². The number of halogens is 2. The number of alkyl halides is 1. The summed E-state index contributed by atoms with van der Waals surface area (Å²) in [4.78, 5) is 0. The van der Waals surface area contributed by atoms with E-state index in [1.807, 2.05) is 0 Å². The Morgan fingerprint density at radius 1 is 1.29 bits per heavy atom. The highest BCUT2D eigenvalue weighted by molar-refractivity contribution is 6.17. The van der Waals surface area contributed by atoms with Crippen LogP contribution < -0.4 is 0 Å². The summed E-state index contributed by atoms with van der Waals surface area (Å²) in [6.45, 7) is 0.271. The van der Waals surface area contributed by atoms with E-state index >= 15 is 0 Å². The zero-order valence-electron chi connectivity index (χ0n) is 4.06. The van der Waals surface area contributed by atoms with Gasteiger partial charge >= 0.3 is 0 Å². The summed E-state index contributed by atoms with van der Waals surface area (Å²) < 4.78 is 0. The number of aliphatic hydroxyl groups is 1. The number of aliphatic hydroxyl groups excluding tert-OH is 1. The van der Waals surface area contributed by atoms with Gasteiger partial charge in [0.15, 0.2) is 0 Å². The van der Waals surface area contributed by atoms with Crippen molar-refractivity contribution < 1.29 is 5.11 Å². The van der Waals surface area contributed by atoms with Gasteiger partial charge in [0, 0.05) is 12.5 Å². The Bertz CT molecular complexity index is 21.7. The first-order valence-corrected chi connectivity index (χ1v) is 2.62. The number of unbranched alkanes of at least 4 members (excludes halogenated alkanes) is 1. The molecule has 0 aliphatic carbocycles. The predicted octanol–water partition coefficient (Wildman–Crippen LogP) is 1.42. The Morgan fingerprint density at radius 3 is 2.00 bits per heavy atom. The lowest BCUT2D eigenvalue weighted by Gasteiger charge is -1.84. The van der Waals surface area contributed by atoms with Crippen LogP contribution in [0.5, 0.6) is 0 Å². The molecule has 0 heterocycles. The summed E-state index contributed by atoms with van der Waals surface area (Å²) in [5.74, 6) is 0.667. The maximum atomic E-state index is 8.14. The highest BCUT2D eigenvalue weighted by Crippen LogP contribution is 1.87. The third-order valence-electron chi connectivity index (χ3n) is 0.542. The minimum absolute atomic E-state index is 0. The van der Waals surface area contributed by atoms with Crippen molar-refractivity contribution in [1.29, 1.82) is 0 Å². The molecule has 1 N–H and O–H groups in total. The molecule has 0 saturated carbocycles. The molecule has 3 heteroatoms. The fourth-order valence-electron chi connectivity index (χ4n) is 0.206. The van der Waals surface area contributed by atoms with Gasteiger partial charge in [-0.2, -0.15) is 0 Å². The predicted molar refractivity (Wildman–Crippen MR) is 34.3 cm³/mol. The lowest BCUT2D eigenvalue weighted by atomic mass is 10.4. The van der Waals surface area contributed by atoms with E-state index in [1.54, 1.807) is 0 Å². The molecule has 0 spiro atoms. The molecule has 0 aliphatic heterocycles. The third kappa shape index (κ3) is 10.8. The van der Waals surface area contributed by atoms with Crippen LogP contribution in [0.25, 0.3) is 0 Å². The summed E-state index contributed by atoms with van der Waals surface area (Å²) >= 11 is 5.27. The van der Waals surface area contributed by atoms with Crippen LogP contribution in [-0.4, -0.2) is 17.6 Å². The maximum absolute atomic E-state index is 8.14. The van der Waals surface area contributed by atoms with E-state index in [4.69, 9.17) is 16.7 Å². The van der Waals surface area contributed by atoms with Crippen LogP contribution in [0.2, 0.25) is 0 Å². The molecular formula is C4H10Cl2O. The zero-order chi connectivity index (χ0) is 4.83. The molecule has 0 aromatic heterocycles. The first-order chi connectivity index (χ1) is 2.91. The lowest BCUT2D eigenvalue weighted by Crippen LogP contribution is -1.81. The second-order valence-electron chi connectivity index (χ2n) is 1.12. The molecule has 0 amide bonds. The molecule has 0 unspecified atom stereocenters. The molecule has 7 heavy (non-hydrogen) atoms. The van der Waals surface area contributed by atoms with Crippen molar-refractivity contribution in [2.45, 2.75) is 12.8 Å². The average Bonchev–Trinajstić information content (AvgIpc) is 1.61. The van der Waals surface area contributed by atoms with Gasteiger partial charge in [-0.1, -0.05) is 0 Å². The number of hydrogen-bond acceptors (Lipinski definition) is 1. The lowest BCUT2D eigenvalue weighted by molar-refractivity contribution is 0.287. The summed E-state index contributed by atoms with van der Waals surface area (Å²) in [6.07, 6.45) is 1.77. The standard InChI is InChI=1S/C4H9ClO.ClH/c5-3-1-2-4-6;/h6H,1-4H2;1H. The molecule has 0 aliphatic rings. The Kier molecular flexibility index (Phi) is 14.6. The summed E-state index contributed by atoms with van der Waals surface area (Å²) in [5.41, 5.74) is 0. The largest absolute Gasteiger partial charge is 0.396 e. The van der Waals surface area contributed by atoms with Gasteiger partial charge in [0.25, 0.3) is 0 Å². The molecule has 46 valence electrons. The molecular weight excluding hydrogens is 135 g/mol. The minimum Gasteiger partial charge on any atom is -0.396 e. The van der Waals surface area contributed by atoms with Gasteiger partial charge < -0.3 is 5.11 Å². The third-order valence-corrected chi connectivity index (χ3v) is 0.809. The molecule has 0 aromatic carbocycles. The highest BCUT2D eigenvalue weighted by Gasteiger charge is 1.77. The van der Waals surface area contributed by atoms with Crippen molar-refractivity contribution in [3.05, 3.63) is 0 Å². The Labute approximate surface area is 55.1 Å². The minimum atomic E-state index is 0. The van der Waals surface area contributed by atoms with E-state index in [2.05, 4.69) is 0 Å². The molecule has 0 bridgehead atoms. The van der Waals surface area contributed by atoms with E-state index in [0.717, 1.165) is 12.8 Å². The number of hydrogen-bond donors (Lipinski definition) is 1. The summed E-state index contributed by atoms with van der Waals surface area (Å²) in [6, 6.07) is 0. The number of rotatable bonds is 3. The van der Waals surface area contributed by atoms with Crippen molar-refractivity contribution in [3.8, 4) is 0 Å². The van der Waals surface area contributed by atoms with Crippen LogP contribution in [0, 0.1) is 0 Å². The van der Waals surface area contributed by atoms with E-state index in [0.29, 0.717) is 5.88 Å². The average molecular weight is 145 g/mol. The molecule has 0 saturated heterocycles. The molecule has 0 rings (SSSR count). The molecule has 0 fully saturated rings. The fraction of sp³-hybridized carbons (Fsp3) is 1.00. The van der Waals surface area contributed by atoms with Crippen LogP contribution in [0.4, 0.5) is 0 Å². The second-order valence-corrected chi connectivity index (χ2v) is 1.50. The summed E-state index contributed by atoms with van der Waals surface area (Å²) in [7, 11) is 0. The highest BCUT2D eigenvalue weighted by atomic mass is 35.5. The van der Waals surface area contributed by atoms with Gasteiger partial charge in [-0.3, -0.25) is 0 Å². The van der Waals surface area contributed by atoms with Gasteiger partial charge in [-0.15, -0.1) is 24.0 Å².